The number of nitrogens with zero attached hydrogens (tertiary/aromatic N) is 1. The molecule has 0 aliphatic heterocycles. The largest absolute Gasteiger partial charge is 0.216 e. The molecule has 0 N–H and O–H groups in total. The number of rotatable bonds is 10. The molecule has 2 aliphatic rings. The van der Waals surface area contributed by atoms with Gasteiger partial charge in [-0.25, -0.2) is 4.39 Å². The molecule has 0 heterocycles. The number of unbranched alkanes of at least 4 members (excludes halogenated alkanes) is 3. The second-order valence-corrected chi connectivity index (χ2v) is 9.92. The van der Waals surface area contributed by atoms with Gasteiger partial charge in [-0.1, -0.05) is 76.0 Å². The van der Waals surface area contributed by atoms with E-state index in [1.807, 2.05) is 12.1 Å². The molecule has 2 saturated carbocycles. The molecule has 0 unspecified atom stereocenters. The summed E-state index contributed by atoms with van der Waals surface area (Å²) < 4.78 is 11.9. The first-order valence-corrected chi connectivity index (χ1v) is 12.5. The maximum absolute atomic E-state index is 11.9. The van der Waals surface area contributed by atoms with E-state index in [0.29, 0.717) is 12.2 Å². The fourth-order valence-electron chi connectivity index (χ4n) is 5.83. The lowest BCUT2D eigenvalue weighted by molar-refractivity contribution is 0.222. The van der Waals surface area contributed by atoms with Crippen molar-refractivity contribution in [3.05, 3.63) is 47.8 Å². The van der Waals surface area contributed by atoms with E-state index in [1.165, 1.54) is 89.0 Å². The zero-order valence-corrected chi connectivity index (χ0v) is 18.7. The van der Waals surface area contributed by atoms with Crippen molar-refractivity contribution in [3.63, 3.8) is 0 Å². The molecule has 1 nitrogen and oxygen atoms in total. The van der Waals surface area contributed by atoms with Crippen LogP contribution in [0.25, 0.3) is 0 Å². The van der Waals surface area contributed by atoms with Crippen LogP contribution in [0.3, 0.4) is 0 Å². The van der Waals surface area contributed by atoms with Gasteiger partial charge in [0.15, 0.2) is 0 Å². The van der Waals surface area contributed by atoms with Gasteiger partial charge in [-0.3, -0.25) is 0 Å². The Morgan fingerprint density at radius 3 is 1.90 bits per heavy atom. The molecular weight excluding hydrogens is 369 g/mol. The van der Waals surface area contributed by atoms with Crippen LogP contribution < -0.4 is 0 Å². The van der Waals surface area contributed by atoms with Crippen molar-refractivity contribution in [3.8, 4) is 6.07 Å². The summed E-state index contributed by atoms with van der Waals surface area (Å²) in [5, 5.41) is 8.97. The average molecular weight is 410 g/mol. The summed E-state index contributed by atoms with van der Waals surface area (Å²) in [7, 11) is 0. The summed E-state index contributed by atoms with van der Waals surface area (Å²) in [4.78, 5) is 0. The second kappa shape index (κ2) is 12.9. The third-order valence-electron chi connectivity index (χ3n) is 7.88. The van der Waals surface area contributed by atoms with Gasteiger partial charge in [0.1, 0.15) is 0 Å². The highest BCUT2D eigenvalue weighted by atomic mass is 19.1. The summed E-state index contributed by atoms with van der Waals surface area (Å²) >= 11 is 0. The number of benzene rings is 1. The summed E-state index contributed by atoms with van der Waals surface area (Å²) in [5.74, 6) is 3.58. The quantitative estimate of drug-likeness (QED) is 0.354. The minimum atomic E-state index is 0.683. The van der Waals surface area contributed by atoms with Crippen LogP contribution in [-0.4, -0.2) is 0 Å². The Bertz CT molecular complexity index is 655. The molecule has 0 spiro atoms. The topological polar surface area (TPSA) is 23.8 Å². The Morgan fingerprint density at radius 2 is 1.33 bits per heavy atom. The first-order chi connectivity index (χ1) is 14.8. The molecular formula is C28H40FN. The lowest BCUT2D eigenvalue weighted by Gasteiger charge is -2.32. The molecule has 0 amide bonds. The molecule has 2 fully saturated rings. The molecule has 0 radical (unpaired) electrons. The van der Waals surface area contributed by atoms with Gasteiger partial charge < -0.3 is 0 Å². The summed E-state index contributed by atoms with van der Waals surface area (Å²) in [6.45, 7) is 0. The standard InChI is InChI=1S/C28H40FN/c29-21-5-3-1-2-4-6-23-7-9-24(10-8-23)11-12-25-13-17-27(18-14-25)28-19-15-26(22-30)16-20-28/h5,15-16,19-21,23-25,27H,1-4,6-14,17-18H2. The average Bonchev–Trinajstić information content (AvgIpc) is 2.81. The van der Waals surface area contributed by atoms with E-state index in [9.17, 15) is 4.39 Å². The molecule has 0 atom stereocenters. The lowest BCUT2D eigenvalue weighted by atomic mass is 9.74. The number of halogens is 1. The van der Waals surface area contributed by atoms with Crippen molar-refractivity contribution in [1.82, 2.24) is 0 Å². The molecule has 2 aliphatic carbocycles. The van der Waals surface area contributed by atoms with Crippen LogP contribution in [0.2, 0.25) is 0 Å². The first-order valence-electron chi connectivity index (χ1n) is 12.5. The maximum Gasteiger partial charge on any atom is 0.0991 e. The van der Waals surface area contributed by atoms with Crippen molar-refractivity contribution in [1.29, 1.82) is 5.26 Å². The Kier molecular flexibility index (Phi) is 9.94. The normalized spacial score (nSPS) is 27.2. The van der Waals surface area contributed by atoms with Gasteiger partial charge in [0.25, 0.3) is 0 Å². The third-order valence-corrected chi connectivity index (χ3v) is 7.88. The molecule has 0 aromatic heterocycles. The van der Waals surface area contributed by atoms with Crippen LogP contribution in [0.1, 0.15) is 113 Å². The predicted molar refractivity (Wildman–Crippen MR) is 124 cm³/mol. The van der Waals surface area contributed by atoms with Gasteiger partial charge >= 0.3 is 0 Å². The highest BCUT2D eigenvalue weighted by Gasteiger charge is 2.25. The Hall–Kier alpha value is -1.62. The Morgan fingerprint density at radius 1 is 0.767 bits per heavy atom. The second-order valence-electron chi connectivity index (χ2n) is 9.92. The fourth-order valence-corrected chi connectivity index (χ4v) is 5.83. The van der Waals surface area contributed by atoms with Crippen LogP contribution in [0.4, 0.5) is 4.39 Å². The highest BCUT2D eigenvalue weighted by molar-refractivity contribution is 5.33. The third kappa shape index (κ3) is 7.57. The lowest BCUT2D eigenvalue weighted by Crippen LogP contribution is -2.17. The van der Waals surface area contributed by atoms with Gasteiger partial charge in [-0.15, -0.1) is 0 Å². The Balaban J connectivity index is 1.25. The van der Waals surface area contributed by atoms with Crippen molar-refractivity contribution in [2.75, 3.05) is 0 Å². The van der Waals surface area contributed by atoms with E-state index >= 15 is 0 Å². The highest BCUT2D eigenvalue weighted by Crippen LogP contribution is 2.40. The van der Waals surface area contributed by atoms with E-state index in [1.54, 1.807) is 6.08 Å². The number of hydrogen-bond acceptors (Lipinski definition) is 1. The number of allylic oxidation sites excluding steroid dienone is 1. The fraction of sp³-hybridized carbons (Fsp3) is 0.679. The van der Waals surface area contributed by atoms with Crippen molar-refractivity contribution in [2.24, 2.45) is 17.8 Å². The predicted octanol–water partition coefficient (Wildman–Crippen LogP) is 8.85. The number of hydrogen-bond donors (Lipinski definition) is 0. The van der Waals surface area contributed by atoms with Gasteiger partial charge in [0.05, 0.1) is 18.0 Å². The summed E-state index contributed by atoms with van der Waals surface area (Å²) in [6.07, 6.45) is 22.5. The molecule has 0 bridgehead atoms. The van der Waals surface area contributed by atoms with Crippen LogP contribution >= 0.6 is 0 Å². The monoisotopic (exact) mass is 409 g/mol. The van der Waals surface area contributed by atoms with Gasteiger partial charge in [0.2, 0.25) is 0 Å². The molecule has 1 aromatic carbocycles. The van der Waals surface area contributed by atoms with E-state index in [-0.39, 0.29) is 0 Å². The SMILES string of the molecule is N#Cc1ccc(C2CCC(CCC3CCC(CCCCCC=CF)CC3)CC2)cc1. The maximum atomic E-state index is 11.9. The van der Waals surface area contributed by atoms with E-state index in [0.717, 1.165) is 36.2 Å². The summed E-state index contributed by atoms with van der Waals surface area (Å²) in [6, 6.07) is 10.5. The summed E-state index contributed by atoms with van der Waals surface area (Å²) in [5.41, 5.74) is 2.21. The Labute approximate surface area is 183 Å². The van der Waals surface area contributed by atoms with Crippen LogP contribution in [0.5, 0.6) is 0 Å². The van der Waals surface area contributed by atoms with Gasteiger partial charge in [0, 0.05) is 0 Å². The van der Waals surface area contributed by atoms with Crippen LogP contribution in [0.15, 0.2) is 36.7 Å². The molecule has 0 saturated heterocycles. The van der Waals surface area contributed by atoms with Crippen LogP contribution in [-0.2, 0) is 0 Å². The molecule has 164 valence electrons. The molecule has 2 heteroatoms. The van der Waals surface area contributed by atoms with Gasteiger partial charge in [-0.05, 0) is 79.9 Å². The molecule has 1 aromatic rings. The number of nitriles is 1. The smallest absolute Gasteiger partial charge is 0.0991 e. The minimum Gasteiger partial charge on any atom is -0.216 e. The zero-order chi connectivity index (χ0) is 21.0. The van der Waals surface area contributed by atoms with E-state index in [2.05, 4.69) is 18.2 Å². The van der Waals surface area contributed by atoms with Crippen molar-refractivity contribution in [2.45, 2.75) is 102 Å². The van der Waals surface area contributed by atoms with Crippen LogP contribution in [0, 0.1) is 29.1 Å². The van der Waals surface area contributed by atoms with Crippen molar-refractivity contribution < 1.29 is 4.39 Å². The first kappa shape index (κ1) is 23.1. The van der Waals surface area contributed by atoms with Crippen molar-refractivity contribution >= 4 is 0 Å². The molecule has 30 heavy (non-hydrogen) atoms. The van der Waals surface area contributed by atoms with E-state index < -0.39 is 0 Å². The van der Waals surface area contributed by atoms with Gasteiger partial charge in [-0.2, -0.15) is 5.26 Å². The minimum absolute atomic E-state index is 0.683. The molecule has 3 rings (SSSR count). The van der Waals surface area contributed by atoms with E-state index in [4.69, 9.17) is 5.26 Å². The zero-order valence-electron chi connectivity index (χ0n) is 18.7.